The predicted molar refractivity (Wildman–Crippen MR) is 58.2 cm³/mol. The molecule has 0 aliphatic heterocycles. The van der Waals surface area contributed by atoms with Crippen LogP contribution in [0.1, 0.15) is 20.3 Å². The minimum absolute atomic E-state index is 0.0155. The molecule has 0 bridgehead atoms. The zero-order valence-corrected chi connectivity index (χ0v) is 9.32. The first-order valence-electron chi connectivity index (χ1n) is 4.54. The lowest BCUT2D eigenvalue weighted by Gasteiger charge is -2.13. The molecule has 1 aromatic rings. The van der Waals surface area contributed by atoms with Crippen LogP contribution in [0.5, 0.6) is 0 Å². The van der Waals surface area contributed by atoms with Crippen molar-refractivity contribution in [2.75, 3.05) is 5.32 Å². The number of nitrogens with one attached hydrogen (secondary N) is 1. The molecule has 0 spiro atoms. The van der Waals surface area contributed by atoms with Gasteiger partial charge in [-0.1, -0.05) is 0 Å². The summed E-state index contributed by atoms with van der Waals surface area (Å²) in [6.45, 7) is 3.59. The minimum Gasteiger partial charge on any atom is -0.393 e. The third kappa shape index (κ3) is 3.80. The lowest BCUT2D eigenvalue weighted by Crippen LogP contribution is -2.20. The van der Waals surface area contributed by atoms with E-state index in [1.54, 1.807) is 6.92 Å². The zero-order chi connectivity index (χ0) is 11.4. The van der Waals surface area contributed by atoms with Gasteiger partial charge in [0, 0.05) is 6.04 Å². The number of thiazole rings is 1. The molecule has 6 nitrogen and oxygen atoms in total. The maximum atomic E-state index is 10.4. The summed E-state index contributed by atoms with van der Waals surface area (Å²) >= 11 is 0.993. The molecular formula is C8H13N3O3S. The maximum Gasteiger partial charge on any atom is 0.345 e. The van der Waals surface area contributed by atoms with Gasteiger partial charge in [0.1, 0.15) is 6.20 Å². The van der Waals surface area contributed by atoms with Crippen molar-refractivity contribution in [1.82, 2.24) is 4.98 Å². The second-order valence-electron chi connectivity index (χ2n) is 3.39. The number of rotatable bonds is 5. The SMILES string of the molecule is CC(O)CC(C)Nc1ncc([N+](=O)[O-])s1. The maximum absolute atomic E-state index is 10.4. The summed E-state index contributed by atoms with van der Waals surface area (Å²) in [4.78, 5) is 13.8. The van der Waals surface area contributed by atoms with Gasteiger partial charge in [-0.15, -0.1) is 0 Å². The van der Waals surface area contributed by atoms with Gasteiger partial charge in [-0.2, -0.15) is 0 Å². The van der Waals surface area contributed by atoms with Crippen LogP contribution < -0.4 is 5.32 Å². The number of aliphatic hydroxyl groups excluding tert-OH is 1. The van der Waals surface area contributed by atoms with Gasteiger partial charge in [0.25, 0.3) is 0 Å². The zero-order valence-electron chi connectivity index (χ0n) is 8.51. The first-order valence-corrected chi connectivity index (χ1v) is 5.35. The molecule has 0 saturated carbocycles. The van der Waals surface area contributed by atoms with E-state index in [1.807, 2.05) is 6.92 Å². The van der Waals surface area contributed by atoms with Crippen molar-refractivity contribution in [1.29, 1.82) is 0 Å². The Balaban J connectivity index is 2.53. The van der Waals surface area contributed by atoms with Crippen molar-refractivity contribution in [3.63, 3.8) is 0 Å². The molecule has 0 aliphatic carbocycles. The number of nitro groups is 1. The van der Waals surface area contributed by atoms with Gasteiger partial charge < -0.3 is 10.4 Å². The molecule has 0 aliphatic rings. The normalized spacial score (nSPS) is 14.6. The molecule has 0 aromatic carbocycles. The van der Waals surface area contributed by atoms with Crippen LogP contribution in [0.25, 0.3) is 0 Å². The first kappa shape index (κ1) is 11.9. The Labute approximate surface area is 91.1 Å². The number of hydrogen-bond acceptors (Lipinski definition) is 6. The van der Waals surface area contributed by atoms with E-state index in [9.17, 15) is 10.1 Å². The van der Waals surface area contributed by atoms with Gasteiger partial charge in [-0.05, 0) is 31.6 Å². The van der Waals surface area contributed by atoms with Gasteiger partial charge in [0.2, 0.25) is 0 Å². The molecule has 1 aromatic heterocycles. The average Bonchev–Trinajstić information content (AvgIpc) is 2.50. The second kappa shape index (κ2) is 5.04. The summed E-state index contributed by atoms with van der Waals surface area (Å²) < 4.78 is 0. The molecule has 0 radical (unpaired) electrons. The summed E-state index contributed by atoms with van der Waals surface area (Å²) in [6, 6.07) is 0.0377. The van der Waals surface area contributed by atoms with Crippen LogP contribution in [0, 0.1) is 10.1 Å². The highest BCUT2D eigenvalue weighted by molar-refractivity contribution is 7.18. The first-order chi connectivity index (χ1) is 6.99. The van der Waals surface area contributed by atoms with Crippen molar-refractivity contribution in [2.45, 2.75) is 32.4 Å². The van der Waals surface area contributed by atoms with Crippen LogP contribution >= 0.6 is 11.3 Å². The monoisotopic (exact) mass is 231 g/mol. The summed E-state index contributed by atoms with van der Waals surface area (Å²) in [5, 5.41) is 23.0. The van der Waals surface area contributed by atoms with Crippen LogP contribution in [-0.4, -0.2) is 27.2 Å². The topological polar surface area (TPSA) is 88.3 Å². The van der Waals surface area contributed by atoms with Crippen molar-refractivity contribution in [3.8, 4) is 0 Å². The van der Waals surface area contributed by atoms with E-state index in [0.29, 0.717) is 11.6 Å². The summed E-state index contributed by atoms with van der Waals surface area (Å²) in [6.07, 6.45) is 1.40. The average molecular weight is 231 g/mol. The smallest absolute Gasteiger partial charge is 0.345 e. The molecular weight excluding hydrogens is 218 g/mol. The van der Waals surface area contributed by atoms with Crippen molar-refractivity contribution in [3.05, 3.63) is 16.3 Å². The van der Waals surface area contributed by atoms with Gasteiger partial charge in [0.05, 0.1) is 11.0 Å². The van der Waals surface area contributed by atoms with E-state index in [2.05, 4.69) is 10.3 Å². The molecule has 84 valence electrons. The number of aromatic nitrogens is 1. The molecule has 2 N–H and O–H groups in total. The molecule has 0 fully saturated rings. The Kier molecular flexibility index (Phi) is 3.98. The number of anilines is 1. The molecule has 7 heteroatoms. The fourth-order valence-electron chi connectivity index (χ4n) is 1.20. The van der Waals surface area contributed by atoms with E-state index in [0.717, 1.165) is 11.3 Å². The third-order valence-corrected chi connectivity index (χ3v) is 2.62. The largest absolute Gasteiger partial charge is 0.393 e. The quantitative estimate of drug-likeness (QED) is 0.594. The Hall–Kier alpha value is -1.21. The van der Waals surface area contributed by atoms with Crippen LogP contribution in [0.2, 0.25) is 0 Å². The van der Waals surface area contributed by atoms with Crippen molar-refractivity contribution in [2.24, 2.45) is 0 Å². The lowest BCUT2D eigenvalue weighted by atomic mass is 10.2. The van der Waals surface area contributed by atoms with E-state index in [1.165, 1.54) is 6.20 Å². The highest BCUT2D eigenvalue weighted by Crippen LogP contribution is 2.25. The summed E-state index contributed by atoms with van der Waals surface area (Å²) in [7, 11) is 0. The highest BCUT2D eigenvalue weighted by atomic mass is 32.1. The van der Waals surface area contributed by atoms with E-state index in [4.69, 9.17) is 5.11 Å². The van der Waals surface area contributed by atoms with Crippen LogP contribution in [0.15, 0.2) is 6.20 Å². The fraction of sp³-hybridized carbons (Fsp3) is 0.625. The number of aliphatic hydroxyl groups is 1. The molecule has 0 saturated heterocycles. The van der Waals surface area contributed by atoms with Gasteiger partial charge in [-0.3, -0.25) is 10.1 Å². The molecule has 0 amide bonds. The number of hydrogen-bond donors (Lipinski definition) is 2. The third-order valence-electron chi connectivity index (χ3n) is 1.74. The Morgan fingerprint density at radius 3 is 2.87 bits per heavy atom. The molecule has 2 atom stereocenters. The highest BCUT2D eigenvalue weighted by Gasteiger charge is 2.13. The number of nitrogens with zero attached hydrogens (tertiary/aromatic N) is 2. The van der Waals surface area contributed by atoms with Gasteiger partial charge in [-0.25, -0.2) is 4.98 Å². The predicted octanol–water partition coefficient (Wildman–Crippen LogP) is 1.62. The molecule has 1 rings (SSSR count). The van der Waals surface area contributed by atoms with E-state index >= 15 is 0 Å². The standard InChI is InChI=1S/C8H13N3O3S/c1-5(3-6(2)12)10-8-9-4-7(15-8)11(13)14/h4-6,12H,3H2,1-2H3,(H,9,10). The van der Waals surface area contributed by atoms with Crippen LogP contribution in [0.3, 0.4) is 0 Å². The Morgan fingerprint density at radius 1 is 1.73 bits per heavy atom. The molecule has 2 unspecified atom stereocenters. The van der Waals surface area contributed by atoms with Crippen LogP contribution in [-0.2, 0) is 0 Å². The lowest BCUT2D eigenvalue weighted by molar-refractivity contribution is -0.380. The molecule has 1 heterocycles. The van der Waals surface area contributed by atoms with Gasteiger partial charge in [0.15, 0.2) is 5.13 Å². The van der Waals surface area contributed by atoms with Crippen molar-refractivity contribution < 1.29 is 10.0 Å². The van der Waals surface area contributed by atoms with Crippen LogP contribution in [0.4, 0.5) is 10.1 Å². The summed E-state index contributed by atoms with van der Waals surface area (Å²) in [5.74, 6) is 0. The Morgan fingerprint density at radius 2 is 2.40 bits per heavy atom. The minimum atomic E-state index is -0.470. The molecule has 15 heavy (non-hydrogen) atoms. The Bertz CT molecular complexity index is 340. The summed E-state index contributed by atoms with van der Waals surface area (Å²) in [5.41, 5.74) is 0. The second-order valence-corrected chi connectivity index (χ2v) is 4.40. The van der Waals surface area contributed by atoms with Gasteiger partial charge >= 0.3 is 5.00 Å². The van der Waals surface area contributed by atoms with E-state index in [-0.39, 0.29) is 11.0 Å². The van der Waals surface area contributed by atoms with Crippen molar-refractivity contribution >= 4 is 21.5 Å². The van der Waals surface area contributed by atoms with E-state index < -0.39 is 11.0 Å². The fourth-order valence-corrected chi connectivity index (χ4v) is 1.94.